The molecule has 1 aromatic heterocycles. The zero-order valence-corrected chi connectivity index (χ0v) is 27.2. The van der Waals surface area contributed by atoms with Crippen LogP contribution in [0.15, 0.2) is 60.7 Å². The van der Waals surface area contributed by atoms with E-state index in [-0.39, 0.29) is 22.8 Å². The minimum atomic E-state index is -4.54. The molecular formula is C34H35Cl2F3N4O2. The second kappa shape index (κ2) is 13.6. The molecule has 0 aliphatic carbocycles. The molecule has 3 unspecified atom stereocenters. The number of ether oxygens (including phenoxy) is 1. The topological polar surface area (TPSA) is 59.5 Å². The molecule has 45 heavy (non-hydrogen) atoms. The molecule has 3 aromatic carbocycles. The highest BCUT2D eigenvalue weighted by atomic mass is 35.5. The molecule has 1 aliphatic heterocycles. The van der Waals surface area contributed by atoms with E-state index in [2.05, 4.69) is 65.8 Å². The second-order valence-corrected chi connectivity index (χ2v) is 12.3. The van der Waals surface area contributed by atoms with E-state index in [1.807, 2.05) is 13.8 Å². The molecule has 1 aliphatic rings. The minimum absolute atomic E-state index is 0.00660. The lowest BCUT2D eigenvalue weighted by atomic mass is 9.98. The van der Waals surface area contributed by atoms with Gasteiger partial charge in [-0.1, -0.05) is 76.8 Å². The SMILES string of the molecule is Cc1ccc(CCN2OC(Cl)C(Cc3ccc(C)cc3C)NC2c2c(Oc3cccc(C(F)(F)F)c3)nnc(Cl)c2C)c(C)c1. The summed E-state index contributed by atoms with van der Waals surface area (Å²) in [5, 5.41) is 13.7. The predicted molar refractivity (Wildman–Crippen MR) is 170 cm³/mol. The molecule has 0 amide bonds. The Balaban J connectivity index is 1.53. The first-order chi connectivity index (χ1) is 21.3. The van der Waals surface area contributed by atoms with E-state index < -0.39 is 23.5 Å². The number of aromatic nitrogens is 2. The van der Waals surface area contributed by atoms with Crippen LogP contribution in [0.3, 0.4) is 0 Å². The highest BCUT2D eigenvalue weighted by Gasteiger charge is 2.39. The molecule has 0 radical (unpaired) electrons. The van der Waals surface area contributed by atoms with E-state index in [9.17, 15) is 13.2 Å². The fourth-order valence-electron chi connectivity index (χ4n) is 5.59. The molecule has 0 spiro atoms. The molecule has 0 bridgehead atoms. The van der Waals surface area contributed by atoms with Gasteiger partial charge in [-0.3, -0.25) is 10.2 Å². The number of hydrogen-bond donors (Lipinski definition) is 1. The van der Waals surface area contributed by atoms with Crippen LogP contribution in [0.2, 0.25) is 5.15 Å². The van der Waals surface area contributed by atoms with Crippen molar-refractivity contribution in [1.82, 2.24) is 20.6 Å². The minimum Gasteiger partial charge on any atom is -0.437 e. The largest absolute Gasteiger partial charge is 0.437 e. The van der Waals surface area contributed by atoms with Crippen molar-refractivity contribution in [2.75, 3.05) is 6.54 Å². The summed E-state index contributed by atoms with van der Waals surface area (Å²) in [6, 6.07) is 16.8. The first-order valence-corrected chi connectivity index (χ1v) is 15.4. The van der Waals surface area contributed by atoms with Crippen molar-refractivity contribution in [1.29, 1.82) is 0 Å². The summed E-state index contributed by atoms with van der Waals surface area (Å²) in [7, 11) is 0. The van der Waals surface area contributed by atoms with Crippen LogP contribution in [0.4, 0.5) is 13.2 Å². The van der Waals surface area contributed by atoms with Crippen molar-refractivity contribution in [3.63, 3.8) is 0 Å². The Morgan fingerprint density at radius 2 is 1.58 bits per heavy atom. The average Bonchev–Trinajstić information content (AvgIpc) is 2.97. The number of alkyl halides is 4. The third-order valence-corrected chi connectivity index (χ3v) is 8.81. The van der Waals surface area contributed by atoms with Gasteiger partial charge in [0.1, 0.15) is 11.9 Å². The Kier molecular flexibility index (Phi) is 10.1. The lowest BCUT2D eigenvalue weighted by molar-refractivity contribution is -0.244. The average molecular weight is 660 g/mol. The molecule has 1 fully saturated rings. The van der Waals surface area contributed by atoms with E-state index >= 15 is 0 Å². The fraction of sp³-hybridized carbons (Fsp3) is 0.353. The molecule has 1 N–H and O–H groups in total. The molecule has 2 heterocycles. The number of nitrogens with one attached hydrogen (secondary N) is 1. The van der Waals surface area contributed by atoms with Crippen molar-refractivity contribution in [3.05, 3.63) is 116 Å². The fourth-order valence-corrected chi connectivity index (χ4v) is 5.99. The van der Waals surface area contributed by atoms with Crippen molar-refractivity contribution >= 4 is 23.2 Å². The summed E-state index contributed by atoms with van der Waals surface area (Å²) in [6.45, 7) is 10.4. The highest BCUT2D eigenvalue weighted by Crippen LogP contribution is 2.39. The van der Waals surface area contributed by atoms with Gasteiger partial charge in [-0.2, -0.15) is 18.2 Å². The Morgan fingerprint density at radius 3 is 2.22 bits per heavy atom. The molecule has 0 saturated carbocycles. The second-order valence-electron chi connectivity index (χ2n) is 11.5. The quantitative estimate of drug-likeness (QED) is 0.191. The van der Waals surface area contributed by atoms with Gasteiger partial charge >= 0.3 is 6.18 Å². The normalized spacial score (nSPS) is 19.1. The first kappa shape index (κ1) is 33.2. The van der Waals surface area contributed by atoms with Crippen LogP contribution in [0.1, 0.15) is 56.2 Å². The van der Waals surface area contributed by atoms with Gasteiger partial charge in [0.25, 0.3) is 0 Å². The van der Waals surface area contributed by atoms with Crippen LogP contribution in [-0.4, -0.2) is 33.4 Å². The number of hydrogen-bond acceptors (Lipinski definition) is 6. The van der Waals surface area contributed by atoms with Gasteiger partial charge in [-0.15, -0.1) is 10.2 Å². The molecule has 6 nitrogen and oxygen atoms in total. The maximum Gasteiger partial charge on any atom is 0.416 e. The highest BCUT2D eigenvalue weighted by molar-refractivity contribution is 6.30. The molecule has 3 atom stereocenters. The summed E-state index contributed by atoms with van der Waals surface area (Å²) in [5.41, 5.74) is 6.35. The van der Waals surface area contributed by atoms with Gasteiger partial charge in [0.2, 0.25) is 5.88 Å². The molecular weight excluding hydrogens is 624 g/mol. The molecule has 5 rings (SSSR count). The summed E-state index contributed by atoms with van der Waals surface area (Å²) >= 11 is 13.4. The summed E-state index contributed by atoms with van der Waals surface area (Å²) < 4.78 is 46.5. The summed E-state index contributed by atoms with van der Waals surface area (Å²) in [4.78, 5) is 6.39. The maximum absolute atomic E-state index is 13.5. The van der Waals surface area contributed by atoms with Crippen LogP contribution in [0.5, 0.6) is 11.6 Å². The van der Waals surface area contributed by atoms with Crippen LogP contribution < -0.4 is 10.1 Å². The smallest absolute Gasteiger partial charge is 0.416 e. The van der Waals surface area contributed by atoms with Crippen LogP contribution >= 0.6 is 23.2 Å². The third kappa shape index (κ3) is 7.79. The maximum atomic E-state index is 13.5. The first-order valence-electron chi connectivity index (χ1n) is 14.6. The van der Waals surface area contributed by atoms with Gasteiger partial charge in [-0.05, 0) is 93.5 Å². The van der Waals surface area contributed by atoms with Crippen molar-refractivity contribution < 1.29 is 22.7 Å². The lowest BCUT2D eigenvalue weighted by Crippen LogP contribution is -2.56. The van der Waals surface area contributed by atoms with Crippen LogP contribution in [0, 0.1) is 34.6 Å². The lowest BCUT2D eigenvalue weighted by Gasteiger charge is -2.43. The van der Waals surface area contributed by atoms with Crippen LogP contribution in [-0.2, 0) is 23.9 Å². The summed E-state index contributed by atoms with van der Waals surface area (Å²) in [5.74, 6) is -0.0326. The number of halogens is 5. The van der Waals surface area contributed by atoms with E-state index in [0.29, 0.717) is 30.5 Å². The van der Waals surface area contributed by atoms with Crippen molar-refractivity contribution in [2.45, 2.75) is 71.4 Å². The zero-order valence-electron chi connectivity index (χ0n) is 25.7. The Morgan fingerprint density at radius 1 is 0.911 bits per heavy atom. The van der Waals surface area contributed by atoms with Crippen molar-refractivity contribution in [3.8, 4) is 11.6 Å². The number of benzene rings is 3. The number of rotatable bonds is 8. The predicted octanol–water partition coefficient (Wildman–Crippen LogP) is 8.74. The van der Waals surface area contributed by atoms with Gasteiger partial charge in [0.05, 0.1) is 17.2 Å². The standard InChI is InChI=1S/C34H35Cl2F3N4O2/c1-19-9-11-24(21(3)15-19)13-14-43-32(40-28(31(36)45-43)17-25-12-10-20(2)16-22(25)4)29-23(5)30(35)41-42-33(29)44-27-8-6-7-26(18-27)34(37,38)39/h6-12,15-16,18,28,31-32,40H,13-14,17H2,1-5H3. The molecule has 1 saturated heterocycles. The third-order valence-electron chi connectivity index (χ3n) is 8.07. The van der Waals surface area contributed by atoms with E-state index in [1.165, 1.54) is 17.7 Å². The Bertz CT molecular complexity index is 1680. The van der Waals surface area contributed by atoms with Gasteiger partial charge in [0.15, 0.2) is 10.7 Å². The van der Waals surface area contributed by atoms with Gasteiger partial charge in [0, 0.05) is 6.54 Å². The Hall–Kier alpha value is -3.21. The van der Waals surface area contributed by atoms with Gasteiger partial charge < -0.3 is 4.74 Å². The van der Waals surface area contributed by atoms with E-state index in [0.717, 1.165) is 39.9 Å². The molecule has 238 valence electrons. The molecule has 11 heteroatoms. The monoisotopic (exact) mass is 658 g/mol. The number of hydroxylamine groups is 2. The van der Waals surface area contributed by atoms with Gasteiger partial charge in [-0.25, -0.2) is 0 Å². The van der Waals surface area contributed by atoms with Crippen LogP contribution in [0.25, 0.3) is 0 Å². The number of nitrogens with zero attached hydrogens (tertiary/aromatic N) is 3. The summed E-state index contributed by atoms with van der Waals surface area (Å²) in [6.07, 6.45) is -4.00. The Labute approximate surface area is 271 Å². The van der Waals surface area contributed by atoms with E-state index in [4.69, 9.17) is 32.8 Å². The van der Waals surface area contributed by atoms with Crippen molar-refractivity contribution in [2.24, 2.45) is 0 Å². The van der Waals surface area contributed by atoms with E-state index in [1.54, 1.807) is 12.0 Å². The number of aryl methyl sites for hydroxylation is 4. The zero-order chi connectivity index (χ0) is 32.5. The molecule has 4 aromatic rings.